The fourth-order valence-corrected chi connectivity index (χ4v) is 3.91. The molecular formula is C19H25NO3. The summed E-state index contributed by atoms with van der Waals surface area (Å²) in [6, 6.07) is 8.00. The molecule has 0 radical (unpaired) electrons. The molecule has 3 aliphatic rings. The molecule has 1 N–H and O–H groups in total. The SMILES string of the molecule is COC(=O)C1=C(NCc2ccc(OC)cc2)[C@@H]2C[C@H](C1)C2(C)C. The average molecular weight is 315 g/mol. The van der Waals surface area contributed by atoms with Gasteiger partial charge >= 0.3 is 5.97 Å². The van der Waals surface area contributed by atoms with Crippen LogP contribution in [0.25, 0.3) is 0 Å². The third-order valence-corrected chi connectivity index (χ3v) is 5.67. The first-order valence-corrected chi connectivity index (χ1v) is 8.15. The Hall–Kier alpha value is -1.97. The molecule has 2 bridgehead atoms. The van der Waals surface area contributed by atoms with Crippen molar-refractivity contribution < 1.29 is 14.3 Å². The fourth-order valence-electron chi connectivity index (χ4n) is 3.91. The van der Waals surface area contributed by atoms with E-state index in [1.54, 1.807) is 7.11 Å². The van der Waals surface area contributed by atoms with Gasteiger partial charge in [0.05, 0.1) is 19.8 Å². The van der Waals surface area contributed by atoms with Crippen molar-refractivity contribution in [3.8, 4) is 5.75 Å². The number of methoxy groups -OCH3 is 2. The summed E-state index contributed by atoms with van der Waals surface area (Å²) in [5, 5.41) is 3.52. The Morgan fingerprint density at radius 3 is 2.52 bits per heavy atom. The van der Waals surface area contributed by atoms with Crippen LogP contribution >= 0.6 is 0 Å². The summed E-state index contributed by atoms with van der Waals surface area (Å²) < 4.78 is 10.2. The van der Waals surface area contributed by atoms with Gasteiger partial charge in [0, 0.05) is 18.2 Å². The number of carbonyl (C=O) groups excluding carboxylic acids is 1. The lowest BCUT2D eigenvalue weighted by molar-refractivity contribution is -0.138. The molecule has 0 amide bonds. The molecule has 4 heteroatoms. The molecule has 1 aromatic rings. The average Bonchev–Trinajstić information content (AvgIpc) is 2.59. The summed E-state index contributed by atoms with van der Waals surface area (Å²) in [6.07, 6.45) is 1.99. The van der Waals surface area contributed by atoms with E-state index in [0.29, 0.717) is 18.4 Å². The van der Waals surface area contributed by atoms with Crippen LogP contribution in [0.5, 0.6) is 5.75 Å². The summed E-state index contributed by atoms with van der Waals surface area (Å²) in [7, 11) is 3.12. The van der Waals surface area contributed by atoms with Crippen molar-refractivity contribution in [2.45, 2.75) is 33.2 Å². The number of hydrogen-bond donors (Lipinski definition) is 1. The fraction of sp³-hybridized carbons (Fsp3) is 0.526. The zero-order valence-electron chi connectivity index (χ0n) is 14.3. The van der Waals surface area contributed by atoms with Gasteiger partial charge in [0.15, 0.2) is 0 Å². The van der Waals surface area contributed by atoms with Crippen molar-refractivity contribution in [3.63, 3.8) is 0 Å². The van der Waals surface area contributed by atoms with Crippen molar-refractivity contribution in [2.75, 3.05) is 14.2 Å². The first-order valence-electron chi connectivity index (χ1n) is 8.15. The van der Waals surface area contributed by atoms with Gasteiger partial charge in [-0.2, -0.15) is 0 Å². The van der Waals surface area contributed by atoms with Crippen LogP contribution in [0.4, 0.5) is 0 Å². The maximum atomic E-state index is 12.1. The number of fused-ring (bicyclic) bond motifs is 1. The van der Waals surface area contributed by atoms with E-state index < -0.39 is 0 Å². The number of carbonyl (C=O) groups is 1. The Balaban J connectivity index is 1.79. The van der Waals surface area contributed by atoms with Crippen molar-refractivity contribution in [2.24, 2.45) is 17.3 Å². The van der Waals surface area contributed by atoms with E-state index in [0.717, 1.165) is 23.4 Å². The van der Waals surface area contributed by atoms with Crippen LogP contribution in [0.2, 0.25) is 0 Å². The normalized spacial score (nSPS) is 24.7. The van der Waals surface area contributed by atoms with E-state index in [4.69, 9.17) is 9.47 Å². The third kappa shape index (κ3) is 2.71. The standard InChI is InChI=1S/C19H25NO3/c1-19(2)13-9-15(18(21)23-4)17(16(19)10-13)20-11-12-5-7-14(22-3)8-6-12/h5-8,13,16,20H,9-11H2,1-4H3/t13-,16-/m0/s1. The van der Waals surface area contributed by atoms with E-state index >= 15 is 0 Å². The maximum absolute atomic E-state index is 12.1. The summed E-state index contributed by atoms with van der Waals surface area (Å²) in [5.74, 6) is 1.68. The Kier molecular flexibility index (Phi) is 4.09. The summed E-state index contributed by atoms with van der Waals surface area (Å²) >= 11 is 0. The van der Waals surface area contributed by atoms with Crippen molar-refractivity contribution in [1.82, 2.24) is 5.32 Å². The molecule has 2 atom stereocenters. The number of ether oxygens (including phenoxy) is 2. The molecule has 1 fully saturated rings. The van der Waals surface area contributed by atoms with Gasteiger partial charge in [-0.15, -0.1) is 0 Å². The molecule has 0 saturated heterocycles. The van der Waals surface area contributed by atoms with Crippen LogP contribution in [0.3, 0.4) is 0 Å². The van der Waals surface area contributed by atoms with Gasteiger partial charge in [-0.1, -0.05) is 26.0 Å². The Morgan fingerprint density at radius 1 is 1.26 bits per heavy atom. The summed E-state index contributed by atoms with van der Waals surface area (Å²) in [5.41, 5.74) is 3.35. The molecule has 4 rings (SSSR count). The minimum Gasteiger partial charge on any atom is -0.497 e. The molecule has 0 spiro atoms. The zero-order valence-corrected chi connectivity index (χ0v) is 14.3. The van der Waals surface area contributed by atoms with E-state index in [2.05, 4.69) is 19.2 Å². The van der Waals surface area contributed by atoms with E-state index in [9.17, 15) is 4.79 Å². The van der Waals surface area contributed by atoms with Crippen molar-refractivity contribution >= 4 is 5.97 Å². The van der Waals surface area contributed by atoms with Crippen LogP contribution in [-0.4, -0.2) is 20.2 Å². The summed E-state index contributed by atoms with van der Waals surface area (Å²) in [6.45, 7) is 5.31. The topological polar surface area (TPSA) is 47.6 Å². The zero-order chi connectivity index (χ0) is 16.6. The highest BCUT2D eigenvalue weighted by Gasteiger charge is 2.54. The molecule has 124 valence electrons. The van der Waals surface area contributed by atoms with Crippen LogP contribution in [0.1, 0.15) is 32.3 Å². The van der Waals surface area contributed by atoms with Crippen LogP contribution in [0.15, 0.2) is 35.5 Å². The predicted molar refractivity (Wildman–Crippen MR) is 88.9 cm³/mol. The highest BCUT2D eigenvalue weighted by molar-refractivity contribution is 5.90. The quantitative estimate of drug-likeness (QED) is 0.847. The largest absolute Gasteiger partial charge is 0.497 e. The molecule has 23 heavy (non-hydrogen) atoms. The molecule has 3 aliphatic carbocycles. The number of nitrogens with one attached hydrogen (secondary N) is 1. The first kappa shape index (κ1) is 15.9. The minimum atomic E-state index is -0.188. The van der Waals surface area contributed by atoms with Crippen LogP contribution < -0.4 is 10.1 Å². The second kappa shape index (κ2) is 5.91. The lowest BCUT2D eigenvalue weighted by Gasteiger charge is -2.57. The molecule has 4 nitrogen and oxygen atoms in total. The van der Waals surface area contributed by atoms with Gasteiger partial charge in [-0.25, -0.2) is 4.79 Å². The Bertz CT molecular complexity index is 631. The van der Waals surface area contributed by atoms with Crippen molar-refractivity contribution in [3.05, 3.63) is 41.1 Å². The number of hydrogen-bond acceptors (Lipinski definition) is 4. The van der Waals surface area contributed by atoms with Gasteiger partial charge in [0.1, 0.15) is 5.75 Å². The number of rotatable bonds is 5. The van der Waals surface area contributed by atoms with Gasteiger partial charge in [-0.05, 0) is 41.9 Å². The van der Waals surface area contributed by atoms with Gasteiger partial charge in [-0.3, -0.25) is 0 Å². The maximum Gasteiger partial charge on any atom is 0.335 e. The number of benzene rings is 1. The smallest absolute Gasteiger partial charge is 0.335 e. The van der Waals surface area contributed by atoms with E-state index in [-0.39, 0.29) is 11.4 Å². The lowest BCUT2D eigenvalue weighted by atomic mass is 9.48. The third-order valence-electron chi connectivity index (χ3n) is 5.67. The summed E-state index contributed by atoms with van der Waals surface area (Å²) in [4.78, 5) is 12.1. The highest BCUT2D eigenvalue weighted by atomic mass is 16.5. The molecule has 0 aliphatic heterocycles. The lowest BCUT2D eigenvalue weighted by Crippen LogP contribution is -2.52. The molecule has 0 heterocycles. The number of esters is 1. The van der Waals surface area contributed by atoms with E-state index in [1.165, 1.54) is 19.1 Å². The van der Waals surface area contributed by atoms with Gasteiger partial charge in [0.25, 0.3) is 0 Å². The molecule has 0 aromatic heterocycles. The Morgan fingerprint density at radius 2 is 1.96 bits per heavy atom. The first-order chi connectivity index (χ1) is 11.0. The number of allylic oxidation sites excluding steroid dienone is 1. The van der Waals surface area contributed by atoms with Gasteiger partial charge in [0.2, 0.25) is 0 Å². The second-order valence-electron chi connectivity index (χ2n) is 7.10. The predicted octanol–water partition coefficient (Wildman–Crippen LogP) is 3.28. The molecule has 1 saturated carbocycles. The van der Waals surface area contributed by atoms with Gasteiger partial charge < -0.3 is 14.8 Å². The van der Waals surface area contributed by atoms with Crippen molar-refractivity contribution in [1.29, 1.82) is 0 Å². The van der Waals surface area contributed by atoms with Crippen LogP contribution in [0, 0.1) is 17.3 Å². The Labute approximate surface area is 137 Å². The van der Waals surface area contributed by atoms with E-state index in [1.807, 2.05) is 24.3 Å². The minimum absolute atomic E-state index is 0.188. The highest BCUT2D eigenvalue weighted by Crippen LogP contribution is 2.60. The van der Waals surface area contributed by atoms with Crippen LogP contribution in [-0.2, 0) is 16.1 Å². The molecule has 1 aromatic carbocycles. The molecule has 0 unspecified atom stereocenters. The molecular weight excluding hydrogens is 290 g/mol. The second-order valence-corrected chi connectivity index (χ2v) is 7.10. The monoisotopic (exact) mass is 315 g/mol.